The maximum absolute atomic E-state index is 11.1. The summed E-state index contributed by atoms with van der Waals surface area (Å²) in [7, 11) is 0. The number of pyridine rings is 1. The Kier molecular flexibility index (Phi) is 6.00. The minimum Gasteiger partial charge on any atom is -0.543 e. The van der Waals surface area contributed by atoms with E-state index in [1.807, 2.05) is 0 Å². The van der Waals surface area contributed by atoms with Crippen molar-refractivity contribution in [3.05, 3.63) is 20.9 Å². The summed E-state index contributed by atoms with van der Waals surface area (Å²) in [5.41, 5.74) is 3.69. The quantitative estimate of drug-likeness (QED) is 0.611. The van der Waals surface area contributed by atoms with Crippen LogP contribution < -0.4 is 10.5 Å². The molecule has 1 aromatic rings. The van der Waals surface area contributed by atoms with Gasteiger partial charge < -0.3 is 9.90 Å². The van der Waals surface area contributed by atoms with Crippen LogP contribution in [0.5, 0.6) is 0 Å². The van der Waals surface area contributed by atoms with Gasteiger partial charge in [0.05, 0.1) is 16.7 Å². The standard InChI is InChI=1S/C16H20Cl3N3O2/c1-16(2,3)8-4-6-9(7-5-8)21-22-12-10(17)13(15(23)24)20-14(19)11(12)18/h8H,4-7H2,1-3H3,(H,20,22)(H,23,24)/p-1. The zero-order valence-electron chi connectivity index (χ0n) is 13.8. The van der Waals surface area contributed by atoms with Crippen LogP contribution in [0.1, 0.15) is 56.9 Å². The van der Waals surface area contributed by atoms with Crippen LogP contribution >= 0.6 is 34.8 Å². The lowest BCUT2D eigenvalue weighted by Gasteiger charge is -2.34. The Morgan fingerprint density at radius 3 is 2.29 bits per heavy atom. The van der Waals surface area contributed by atoms with Crippen LogP contribution in [0.25, 0.3) is 0 Å². The first-order valence-electron chi connectivity index (χ1n) is 7.68. The summed E-state index contributed by atoms with van der Waals surface area (Å²) in [4.78, 5) is 14.7. The van der Waals surface area contributed by atoms with Crippen LogP contribution in [-0.4, -0.2) is 16.7 Å². The molecule has 2 rings (SSSR count). The van der Waals surface area contributed by atoms with E-state index in [0.29, 0.717) is 5.92 Å². The van der Waals surface area contributed by atoms with Crippen LogP contribution in [0.4, 0.5) is 5.69 Å². The first kappa shape index (κ1) is 19.3. The Hall–Kier alpha value is -1.04. The maximum Gasteiger partial charge on any atom is 0.150 e. The van der Waals surface area contributed by atoms with Gasteiger partial charge in [-0.05, 0) is 37.0 Å². The lowest BCUT2D eigenvalue weighted by atomic mass is 9.72. The number of hydrogen-bond donors (Lipinski definition) is 1. The van der Waals surface area contributed by atoms with E-state index in [2.05, 4.69) is 36.3 Å². The number of nitrogens with one attached hydrogen (secondary N) is 1. The van der Waals surface area contributed by atoms with Crippen LogP contribution in [0.2, 0.25) is 15.2 Å². The summed E-state index contributed by atoms with van der Waals surface area (Å²) >= 11 is 17.9. The smallest absolute Gasteiger partial charge is 0.150 e. The van der Waals surface area contributed by atoms with Crippen LogP contribution in [0, 0.1) is 11.3 Å². The normalized spacial score (nSPS) is 18.4. The second-order valence-electron chi connectivity index (χ2n) is 6.97. The highest BCUT2D eigenvalue weighted by Crippen LogP contribution is 2.38. The predicted octanol–water partition coefficient (Wildman–Crippen LogP) is 4.41. The number of aromatic nitrogens is 1. The molecule has 0 bridgehead atoms. The Morgan fingerprint density at radius 2 is 1.79 bits per heavy atom. The number of hydrogen-bond acceptors (Lipinski definition) is 5. The molecule has 132 valence electrons. The molecule has 0 unspecified atom stereocenters. The van der Waals surface area contributed by atoms with Crippen LogP contribution in [0.3, 0.4) is 0 Å². The number of halogens is 3. The number of aromatic carboxylic acids is 1. The SMILES string of the molecule is CC(C)(C)C1CCC(=NNc2c(Cl)c(Cl)nc(C(=O)[O-])c2Cl)CC1. The molecule has 8 heteroatoms. The molecule has 1 fully saturated rings. The van der Waals surface area contributed by atoms with Crippen molar-refractivity contribution in [3.8, 4) is 0 Å². The zero-order chi connectivity index (χ0) is 18.1. The van der Waals surface area contributed by atoms with Crippen molar-refractivity contribution in [1.29, 1.82) is 0 Å². The molecule has 0 aliphatic heterocycles. The van der Waals surface area contributed by atoms with E-state index in [-0.39, 0.29) is 26.3 Å². The Balaban J connectivity index is 2.17. The minimum atomic E-state index is -1.53. The number of nitrogens with zero attached hydrogens (tertiary/aromatic N) is 2. The topological polar surface area (TPSA) is 77.4 Å². The lowest BCUT2D eigenvalue weighted by Crippen LogP contribution is -2.26. The van der Waals surface area contributed by atoms with Gasteiger partial charge in [0.1, 0.15) is 10.7 Å². The average Bonchev–Trinajstić information content (AvgIpc) is 2.50. The number of rotatable bonds is 3. The van der Waals surface area contributed by atoms with Gasteiger partial charge in [-0.1, -0.05) is 55.6 Å². The number of hydrazone groups is 1. The third-order valence-corrected chi connectivity index (χ3v) is 5.45. The van der Waals surface area contributed by atoms with E-state index in [9.17, 15) is 9.90 Å². The second-order valence-corrected chi connectivity index (χ2v) is 8.09. The van der Waals surface area contributed by atoms with Crippen molar-refractivity contribution in [2.75, 3.05) is 5.43 Å². The van der Waals surface area contributed by atoms with Crippen molar-refractivity contribution in [2.24, 2.45) is 16.4 Å². The zero-order valence-corrected chi connectivity index (χ0v) is 16.0. The van der Waals surface area contributed by atoms with Crippen molar-refractivity contribution < 1.29 is 9.90 Å². The molecule has 1 N–H and O–H groups in total. The highest BCUT2D eigenvalue weighted by atomic mass is 35.5. The molecule has 1 aliphatic rings. The molecule has 1 aromatic heterocycles. The Morgan fingerprint density at radius 1 is 1.21 bits per heavy atom. The summed E-state index contributed by atoms with van der Waals surface area (Å²) in [6, 6.07) is 0. The lowest BCUT2D eigenvalue weighted by molar-refractivity contribution is -0.255. The first-order valence-corrected chi connectivity index (χ1v) is 8.82. The van der Waals surface area contributed by atoms with Gasteiger partial charge in [0.2, 0.25) is 0 Å². The molecule has 0 saturated heterocycles. The van der Waals surface area contributed by atoms with E-state index in [0.717, 1.165) is 31.4 Å². The molecule has 5 nitrogen and oxygen atoms in total. The molecule has 1 heterocycles. The Labute approximate surface area is 156 Å². The molecule has 0 atom stereocenters. The monoisotopic (exact) mass is 390 g/mol. The van der Waals surface area contributed by atoms with Gasteiger partial charge in [-0.15, -0.1) is 0 Å². The van der Waals surface area contributed by atoms with Crippen LogP contribution in [0.15, 0.2) is 5.10 Å². The number of carboxylic acid groups (broad SMARTS) is 1. The number of carboxylic acids is 1. The summed E-state index contributed by atoms with van der Waals surface area (Å²) in [5.74, 6) is -0.872. The first-order chi connectivity index (χ1) is 11.1. The third-order valence-electron chi connectivity index (χ3n) is 4.34. The molecular weight excluding hydrogens is 373 g/mol. The largest absolute Gasteiger partial charge is 0.543 e. The van der Waals surface area contributed by atoms with Gasteiger partial charge in [-0.2, -0.15) is 5.10 Å². The second kappa shape index (κ2) is 7.46. The molecule has 0 spiro atoms. The number of carbonyl (C=O) groups excluding carboxylic acids is 1. The molecular formula is C16H19Cl3N3O2-. The highest BCUT2D eigenvalue weighted by Gasteiger charge is 2.28. The summed E-state index contributed by atoms with van der Waals surface area (Å²) in [6.45, 7) is 6.74. The molecule has 1 aliphatic carbocycles. The molecule has 0 radical (unpaired) electrons. The molecule has 24 heavy (non-hydrogen) atoms. The third kappa shape index (κ3) is 4.32. The minimum absolute atomic E-state index is 0.0272. The van der Waals surface area contributed by atoms with Gasteiger partial charge in [0.15, 0.2) is 5.15 Å². The highest BCUT2D eigenvalue weighted by molar-refractivity contribution is 6.46. The van der Waals surface area contributed by atoms with Gasteiger partial charge in [-0.25, -0.2) is 4.98 Å². The van der Waals surface area contributed by atoms with E-state index >= 15 is 0 Å². The number of carbonyl (C=O) groups is 1. The molecule has 0 amide bonds. The summed E-state index contributed by atoms with van der Waals surface area (Å²) in [6.07, 6.45) is 3.87. The van der Waals surface area contributed by atoms with Gasteiger partial charge in [0.25, 0.3) is 0 Å². The van der Waals surface area contributed by atoms with E-state index in [1.165, 1.54) is 0 Å². The summed E-state index contributed by atoms with van der Waals surface area (Å²) in [5, 5.41) is 15.1. The maximum atomic E-state index is 11.1. The fourth-order valence-corrected chi connectivity index (χ4v) is 3.47. The van der Waals surface area contributed by atoms with E-state index < -0.39 is 11.7 Å². The van der Waals surface area contributed by atoms with Crippen molar-refractivity contribution in [1.82, 2.24) is 4.98 Å². The van der Waals surface area contributed by atoms with E-state index in [4.69, 9.17) is 34.8 Å². The summed E-state index contributed by atoms with van der Waals surface area (Å²) < 4.78 is 0. The fourth-order valence-electron chi connectivity index (χ4n) is 2.81. The van der Waals surface area contributed by atoms with Gasteiger partial charge in [0, 0.05) is 5.71 Å². The average molecular weight is 392 g/mol. The van der Waals surface area contributed by atoms with Crippen molar-refractivity contribution >= 4 is 52.2 Å². The molecule has 1 saturated carbocycles. The van der Waals surface area contributed by atoms with Crippen molar-refractivity contribution in [2.45, 2.75) is 46.5 Å². The van der Waals surface area contributed by atoms with Gasteiger partial charge >= 0.3 is 0 Å². The predicted molar refractivity (Wildman–Crippen MR) is 96.1 cm³/mol. The van der Waals surface area contributed by atoms with E-state index in [1.54, 1.807) is 0 Å². The fraction of sp³-hybridized carbons (Fsp3) is 0.562. The molecule has 0 aromatic carbocycles. The Bertz CT molecular complexity index is 674. The van der Waals surface area contributed by atoms with Crippen LogP contribution in [-0.2, 0) is 0 Å². The number of anilines is 1. The van der Waals surface area contributed by atoms with Crippen molar-refractivity contribution in [3.63, 3.8) is 0 Å². The van der Waals surface area contributed by atoms with Gasteiger partial charge in [-0.3, -0.25) is 5.43 Å².